The van der Waals surface area contributed by atoms with E-state index in [2.05, 4.69) is 24.1 Å². The zero-order valence-electron chi connectivity index (χ0n) is 10.3. The van der Waals surface area contributed by atoms with Crippen LogP contribution in [0.2, 0.25) is 0 Å². The summed E-state index contributed by atoms with van der Waals surface area (Å²) in [6.07, 6.45) is 6.62. The molecule has 0 saturated heterocycles. The highest BCUT2D eigenvalue weighted by molar-refractivity contribution is 4.98. The molecule has 0 amide bonds. The van der Waals surface area contributed by atoms with E-state index in [1.165, 1.54) is 12.8 Å². The van der Waals surface area contributed by atoms with E-state index < -0.39 is 0 Å². The monoisotopic (exact) mass is 222 g/mol. The van der Waals surface area contributed by atoms with Gasteiger partial charge < -0.3 is 9.73 Å². The van der Waals surface area contributed by atoms with Gasteiger partial charge in [-0.3, -0.25) is 0 Å². The van der Waals surface area contributed by atoms with Crippen molar-refractivity contribution >= 4 is 0 Å². The van der Waals surface area contributed by atoms with Crippen molar-refractivity contribution < 1.29 is 4.42 Å². The van der Waals surface area contributed by atoms with E-state index in [1.54, 1.807) is 0 Å². The number of hydrogen-bond acceptors (Lipinski definition) is 3. The van der Waals surface area contributed by atoms with Gasteiger partial charge in [-0.1, -0.05) is 13.8 Å². The molecule has 0 radical (unpaired) electrons. The van der Waals surface area contributed by atoms with Crippen molar-refractivity contribution in [1.29, 1.82) is 0 Å². The molecule has 1 aliphatic rings. The predicted molar refractivity (Wildman–Crippen MR) is 64.3 cm³/mol. The fourth-order valence-electron chi connectivity index (χ4n) is 1.75. The first kappa shape index (κ1) is 11.6. The van der Waals surface area contributed by atoms with Gasteiger partial charge in [-0.05, 0) is 31.2 Å². The SMILES string of the molecule is CC(C)CNCCc1ncc(CC2CC2)o1. The highest BCUT2D eigenvalue weighted by atomic mass is 16.4. The van der Waals surface area contributed by atoms with E-state index in [-0.39, 0.29) is 0 Å². The molecule has 0 aromatic carbocycles. The Morgan fingerprint density at radius 2 is 2.31 bits per heavy atom. The molecule has 1 fully saturated rings. The van der Waals surface area contributed by atoms with Gasteiger partial charge >= 0.3 is 0 Å². The third-order valence-electron chi connectivity index (χ3n) is 2.86. The summed E-state index contributed by atoms with van der Waals surface area (Å²) < 4.78 is 5.69. The largest absolute Gasteiger partial charge is 0.446 e. The van der Waals surface area contributed by atoms with Crippen molar-refractivity contribution in [3.8, 4) is 0 Å². The van der Waals surface area contributed by atoms with E-state index in [4.69, 9.17) is 4.42 Å². The van der Waals surface area contributed by atoms with Crippen LogP contribution in [0.1, 0.15) is 38.3 Å². The lowest BCUT2D eigenvalue weighted by atomic mass is 10.2. The van der Waals surface area contributed by atoms with Crippen LogP contribution in [-0.4, -0.2) is 18.1 Å². The number of nitrogens with one attached hydrogen (secondary N) is 1. The van der Waals surface area contributed by atoms with Crippen LogP contribution >= 0.6 is 0 Å². The van der Waals surface area contributed by atoms with Crippen LogP contribution in [-0.2, 0) is 12.8 Å². The number of oxazole rings is 1. The van der Waals surface area contributed by atoms with Gasteiger partial charge in [0.1, 0.15) is 5.76 Å². The Kier molecular flexibility index (Phi) is 3.99. The van der Waals surface area contributed by atoms with Crippen LogP contribution in [0.25, 0.3) is 0 Å². The molecule has 1 N–H and O–H groups in total. The van der Waals surface area contributed by atoms with Crippen molar-refractivity contribution in [2.75, 3.05) is 13.1 Å². The van der Waals surface area contributed by atoms with Crippen LogP contribution in [0, 0.1) is 11.8 Å². The van der Waals surface area contributed by atoms with E-state index in [0.717, 1.165) is 43.5 Å². The summed E-state index contributed by atoms with van der Waals surface area (Å²) >= 11 is 0. The maximum Gasteiger partial charge on any atom is 0.195 e. The lowest BCUT2D eigenvalue weighted by Gasteiger charge is -2.05. The first-order chi connectivity index (χ1) is 7.74. The van der Waals surface area contributed by atoms with Crippen molar-refractivity contribution in [3.05, 3.63) is 17.8 Å². The molecule has 0 bridgehead atoms. The van der Waals surface area contributed by atoms with Crippen molar-refractivity contribution in [2.24, 2.45) is 11.8 Å². The summed E-state index contributed by atoms with van der Waals surface area (Å²) in [5.74, 6) is 3.53. The molecule has 1 saturated carbocycles. The first-order valence-corrected chi connectivity index (χ1v) is 6.38. The molecule has 1 heterocycles. The second-order valence-electron chi connectivity index (χ2n) is 5.22. The minimum Gasteiger partial charge on any atom is -0.446 e. The first-order valence-electron chi connectivity index (χ1n) is 6.38. The van der Waals surface area contributed by atoms with E-state index in [1.807, 2.05) is 6.20 Å². The van der Waals surface area contributed by atoms with Gasteiger partial charge in [-0.15, -0.1) is 0 Å². The topological polar surface area (TPSA) is 38.1 Å². The van der Waals surface area contributed by atoms with Crippen LogP contribution in [0.3, 0.4) is 0 Å². The minimum atomic E-state index is 0.704. The van der Waals surface area contributed by atoms with E-state index in [0.29, 0.717) is 5.92 Å². The molecule has 0 unspecified atom stereocenters. The lowest BCUT2D eigenvalue weighted by molar-refractivity contribution is 0.437. The smallest absolute Gasteiger partial charge is 0.195 e. The zero-order chi connectivity index (χ0) is 11.4. The van der Waals surface area contributed by atoms with Gasteiger partial charge in [0, 0.05) is 19.4 Å². The standard InChI is InChI=1S/C13H22N2O/c1-10(2)8-14-6-5-13-15-9-12(16-13)7-11-3-4-11/h9-11,14H,3-8H2,1-2H3. The predicted octanol–water partition coefficient (Wildman–Crippen LogP) is 2.42. The molecule has 3 nitrogen and oxygen atoms in total. The normalized spacial score (nSPS) is 15.9. The van der Waals surface area contributed by atoms with Gasteiger partial charge in [-0.2, -0.15) is 0 Å². The highest BCUT2D eigenvalue weighted by Crippen LogP contribution is 2.32. The summed E-state index contributed by atoms with van der Waals surface area (Å²) in [4.78, 5) is 4.31. The van der Waals surface area contributed by atoms with Crippen molar-refractivity contribution in [3.63, 3.8) is 0 Å². The van der Waals surface area contributed by atoms with Crippen LogP contribution in [0.4, 0.5) is 0 Å². The molecule has 0 aliphatic heterocycles. The summed E-state index contributed by atoms with van der Waals surface area (Å²) in [5.41, 5.74) is 0. The Morgan fingerprint density at radius 3 is 3.00 bits per heavy atom. The Bertz CT molecular complexity index is 315. The molecule has 2 rings (SSSR count). The zero-order valence-corrected chi connectivity index (χ0v) is 10.3. The molecule has 90 valence electrons. The number of rotatable bonds is 7. The quantitative estimate of drug-likeness (QED) is 0.720. The number of aromatic nitrogens is 1. The Hall–Kier alpha value is -0.830. The molecule has 0 atom stereocenters. The Balaban J connectivity index is 1.66. The van der Waals surface area contributed by atoms with Crippen LogP contribution in [0.5, 0.6) is 0 Å². The van der Waals surface area contributed by atoms with Gasteiger partial charge in [-0.25, -0.2) is 4.98 Å². The fourth-order valence-corrected chi connectivity index (χ4v) is 1.75. The summed E-state index contributed by atoms with van der Waals surface area (Å²) in [6, 6.07) is 0. The summed E-state index contributed by atoms with van der Waals surface area (Å²) in [7, 11) is 0. The van der Waals surface area contributed by atoms with E-state index in [9.17, 15) is 0 Å². The highest BCUT2D eigenvalue weighted by Gasteiger charge is 2.23. The molecular formula is C13H22N2O. The van der Waals surface area contributed by atoms with E-state index >= 15 is 0 Å². The van der Waals surface area contributed by atoms with Gasteiger partial charge in [0.15, 0.2) is 5.89 Å². The molecule has 16 heavy (non-hydrogen) atoms. The molecular weight excluding hydrogens is 200 g/mol. The molecule has 0 spiro atoms. The maximum absolute atomic E-state index is 5.69. The summed E-state index contributed by atoms with van der Waals surface area (Å²) in [5, 5.41) is 3.40. The average molecular weight is 222 g/mol. The van der Waals surface area contributed by atoms with Crippen molar-refractivity contribution in [1.82, 2.24) is 10.3 Å². The number of hydrogen-bond donors (Lipinski definition) is 1. The molecule has 3 heteroatoms. The van der Waals surface area contributed by atoms with Crippen LogP contribution < -0.4 is 5.32 Å². The second-order valence-corrected chi connectivity index (χ2v) is 5.22. The van der Waals surface area contributed by atoms with Crippen LogP contribution in [0.15, 0.2) is 10.6 Å². The minimum absolute atomic E-state index is 0.704. The van der Waals surface area contributed by atoms with Gasteiger partial charge in [0.25, 0.3) is 0 Å². The molecule has 1 aromatic heterocycles. The van der Waals surface area contributed by atoms with Crippen molar-refractivity contribution in [2.45, 2.75) is 39.5 Å². The second kappa shape index (κ2) is 5.48. The third kappa shape index (κ3) is 3.97. The average Bonchev–Trinajstić information content (AvgIpc) is 2.92. The van der Waals surface area contributed by atoms with Gasteiger partial charge in [0.05, 0.1) is 6.20 Å². The Labute approximate surface area is 97.6 Å². The van der Waals surface area contributed by atoms with Gasteiger partial charge in [0.2, 0.25) is 0 Å². The fraction of sp³-hybridized carbons (Fsp3) is 0.769. The molecule has 1 aliphatic carbocycles. The molecule has 1 aromatic rings. The lowest BCUT2D eigenvalue weighted by Crippen LogP contribution is -2.22. The maximum atomic E-state index is 5.69. The Morgan fingerprint density at radius 1 is 1.50 bits per heavy atom. The third-order valence-corrected chi connectivity index (χ3v) is 2.86. The summed E-state index contributed by atoms with van der Waals surface area (Å²) in [6.45, 7) is 6.45. The number of nitrogens with zero attached hydrogens (tertiary/aromatic N) is 1.